The molecule has 9 heteroatoms. The molecule has 0 bridgehead atoms. The van der Waals surface area contributed by atoms with Gasteiger partial charge in [-0.05, 0) is 0 Å². The van der Waals surface area contributed by atoms with Crippen LogP contribution in [0.25, 0.3) is 0 Å². The fourth-order valence-electron chi connectivity index (χ4n) is 0.385. The average Bonchev–Trinajstić information content (AvgIpc) is 2.11. The van der Waals surface area contributed by atoms with E-state index in [1.54, 1.807) is 0 Å². The maximum atomic E-state index is 10.3. The van der Waals surface area contributed by atoms with Gasteiger partial charge in [0.15, 0.2) is 0 Å². The Bertz CT molecular complexity index is 203. The molecular weight excluding hydrogens is 267 g/mol. The first-order chi connectivity index (χ1) is 6.45. The molecule has 0 aliphatic heterocycles. The van der Waals surface area contributed by atoms with Crippen LogP contribution >= 0.6 is 21.6 Å². The van der Waals surface area contributed by atoms with Crippen molar-refractivity contribution in [2.45, 2.75) is 12.1 Å². The molecular formula is C6H13KN2O4S2. The summed E-state index contributed by atoms with van der Waals surface area (Å²) in [7, 11) is 2.41. The maximum Gasteiger partial charge on any atom is 1.00 e. The number of carbonyl (C=O) groups is 2. The number of hydrogen-bond donors (Lipinski definition) is 4. The largest absolute Gasteiger partial charge is 1.00 e. The number of nitrogens with two attached hydrogens (primary N) is 2. The van der Waals surface area contributed by atoms with Crippen LogP contribution in [-0.2, 0) is 9.59 Å². The first kappa shape index (κ1) is 18.6. The molecule has 0 rings (SSSR count). The smallest absolute Gasteiger partial charge is 1.00 e. The van der Waals surface area contributed by atoms with Crippen molar-refractivity contribution in [3.05, 3.63) is 0 Å². The van der Waals surface area contributed by atoms with Crippen LogP contribution in [-0.4, -0.2) is 45.7 Å². The van der Waals surface area contributed by atoms with Gasteiger partial charge in [0.25, 0.3) is 0 Å². The van der Waals surface area contributed by atoms with Crippen LogP contribution in [0.4, 0.5) is 0 Å². The molecule has 0 amide bonds. The van der Waals surface area contributed by atoms with E-state index in [0.29, 0.717) is 0 Å². The van der Waals surface area contributed by atoms with Crippen molar-refractivity contribution in [2.75, 3.05) is 11.5 Å². The SMILES string of the molecule is NC(CSSCC(N)C(=O)O)C(=O)O.[H-].[K+]. The summed E-state index contributed by atoms with van der Waals surface area (Å²) < 4.78 is 0. The van der Waals surface area contributed by atoms with E-state index >= 15 is 0 Å². The van der Waals surface area contributed by atoms with E-state index in [4.69, 9.17) is 21.7 Å². The van der Waals surface area contributed by atoms with E-state index in [1.165, 1.54) is 21.6 Å². The molecule has 0 aromatic rings. The number of aliphatic carboxylic acids is 2. The van der Waals surface area contributed by atoms with Crippen LogP contribution < -0.4 is 62.9 Å². The average molecular weight is 280 g/mol. The summed E-state index contributed by atoms with van der Waals surface area (Å²) in [4.78, 5) is 20.5. The molecule has 0 radical (unpaired) electrons. The second-order valence-electron chi connectivity index (χ2n) is 2.46. The Kier molecular flexibility index (Phi) is 12.8. The second-order valence-corrected chi connectivity index (χ2v) is 5.01. The summed E-state index contributed by atoms with van der Waals surface area (Å²) in [6, 6.07) is -1.85. The Hall–Kier alpha value is 1.20. The minimum absolute atomic E-state index is 0. The molecule has 0 aromatic carbocycles. The summed E-state index contributed by atoms with van der Waals surface area (Å²) in [5, 5.41) is 16.8. The Morgan fingerprint density at radius 2 is 1.33 bits per heavy atom. The predicted molar refractivity (Wildman–Crippen MR) is 57.3 cm³/mol. The molecule has 2 unspecified atom stereocenters. The van der Waals surface area contributed by atoms with Crippen LogP contribution in [0.3, 0.4) is 0 Å². The Morgan fingerprint density at radius 3 is 1.53 bits per heavy atom. The zero-order valence-electron chi connectivity index (χ0n) is 9.25. The van der Waals surface area contributed by atoms with Gasteiger partial charge < -0.3 is 23.1 Å². The quantitative estimate of drug-likeness (QED) is 0.213. The summed E-state index contributed by atoms with van der Waals surface area (Å²) in [6.07, 6.45) is 0. The monoisotopic (exact) mass is 280 g/mol. The van der Waals surface area contributed by atoms with Gasteiger partial charge in [0, 0.05) is 11.5 Å². The standard InChI is InChI=1S/C6H12N2O4S2.K.H/c7-3(5(9)10)1-13-14-2-4(8)6(11)12;;/h3-4H,1-2,7-8H2,(H,9,10)(H,11,12);;/q;+1;-1. The normalized spacial score (nSPS) is 13.7. The Labute approximate surface area is 139 Å². The van der Waals surface area contributed by atoms with E-state index in [9.17, 15) is 9.59 Å². The van der Waals surface area contributed by atoms with Crippen LogP contribution in [0.5, 0.6) is 0 Å². The first-order valence-corrected chi connectivity index (χ1v) is 6.15. The van der Waals surface area contributed by atoms with Gasteiger partial charge in [0.2, 0.25) is 0 Å². The van der Waals surface area contributed by atoms with Crippen molar-refractivity contribution in [1.82, 2.24) is 0 Å². The zero-order valence-corrected chi connectivity index (χ0v) is 13.0. The molecule has 2 atom stereocenters. The summed E-state index contributed by atoms with van der Waals surface area (Å²) in [5.74, 6) is -1.68. The van der Waals surface area contributed by atoms with Gasteiger partial charge in [-0.1, -0.05) is 21.6 Å². The molecule has 84 valence electrons. The van der Waals surface area contributed by atoms with Crippen molar-refractivity contribution in [1.29, 1.82) is 0 Å². The molecule has 0 aliphatic rings. The van der Waals surface area contributed by atoms with E-state index in [2.05, 4.69) is 0 Å². The Balaban J connectivity index is -0.000000845. The van der Waals surface area contributed by atoms with Crippen molar-refractivity contribution in [3.63, 3.8) is 0 Å². The third kappa shape index (κ3) is 10.1. The van der Waals surface area contributed by atoms with Crippen LogP contribution in [0, 0.1) is 0 Å². The van der Waals surface area contributed by atoms with Crippen LogP contribution in [0.15, 0.2) is 0 Å². The first-order valence-electron chi connectivity index (χ1n) is 3.66. The molecule has 0 fully saturated rings. The number of carboxylic acid groups (broad SMARTS) is 2. The van der Waals surface area contributed by atoms with Gasteiger partial charge in [0.05, 0.1) is 0 Å². The van der Waals surface area contributed by atoms with Gasteiger partial charge in [-0.2, -0.15) is 0 Å². The van der Waals surface area contributed by atoms with Gasteiger partial charge in [-0.15, -0.1) is 0 Å². The van der Waals surface area contributed by atoms with Gasteiger partial charge in [-0.3, -0.25) is 9.59 Å². The number of hydrogen-bond acceptors (Lipinski definition) is 6. The minimum Gasteiger partial charge on any atom is -1.00 e. The summed E-state index contributed by atoms with van der Waals surface area (Å²) >= 11 is 0. The minimum atomic E-state index is -1.07. The van der Waals surface area contributed by atoms with Gasteiger partial charge in [-0.25, -0.2) is 0 Å². The van der Waals surface area contributed by atoms with E-state index in [0.717, 1.165) is 0 Å². The van der Waals surface area contributed by atoms with Crippen molar-refractivity contribution >= 4 is 33.5 Å². The molecule has 6 N–H and O–H groups in total. The topological polar surface area (TPSA) is 127 Å². The number of carboxylic acids is 2. The fraction of sp³-hybridized carbons (Fsp3) is 0.667. The van der Waals surface area contributed by atoms with Crippen molar-refractivity contribution < 1.29 is 72.6 Å². The molecule has 0 aromatic heterocycles. The molecule has 0 aliphatic carbocycles. The second kappa shape index (κ2) is 10.4. The fourth-order valence-corrected chi connectivity index (χ4v) is 2.61. The third-order valence-electron chi connectivity index (χ3n) is 1.21. The maximum absolute atomic E-state index is 10.3. The summed E-state index contributed by atoms with van der Waals surface area (Å²) in [5.41, 5.74) is 10.4. The van der Waals surface area contributed by atoms with Gasteiger partial charge >= 0.3 is 63.3 Å². The zero-order chi connectivity index (χ0) is 11.1. The van der Waals surface area contributed by atoms with Crippen LogP contribution in [0.2, 0.25) is 0 Å². The van der Waals surface area contributed by atoms with Crippen molar-refractivity contribution in [2.24, 2.45) is 11.5 Å². The molecule has 0 spiro atoms. The Morgan fingerprint density at radius 1 is 1.07 bits per heavy atom. The van der Waals surface area contributed by atoms with Crippen LogP contribution in [0.1, 0.15) is 1.43 Å². The predicted octanol–water partition coefficient (Wildman–Crippen LogP) is -3.69. The molecule has 0 heterocycles. The molecule has 0 saturated heterocycles. The van der Waals surface area contributed by atoms with E-state index < -0.39 is 24.0 Å². The molecule has 6 nitrogen and oxygen atoms in total. The number of rotatable bonds is 7. The summed E-state index contributed by atoms with van der Waals surface area (Å²) in [6.45, 7) is 0. The molecule has 0 saturated carbocycles. The van der Waals surface area contributed by atoms with E-state index in [-0.39, 0.29) is 64.3 Å². The van der Waals surface area contributed by atoms with Crippen molar-refractivity contribution in [3.8, 4) is 0 Å². The van der Waals surface area contributed by atoms with Gasteiger partial charge in [0.1, 0.15) is 12.1 Å². The third-order valence-corrected chi connectivity index (χ3v) is 3.69. The molecule has 15 heavy (non-hydrogen) atoms. The van der Waals surface area contributed by atoms with E-state index in [1.807, 2.05) is 0 Å².